The van der Waals surface area contributed by atoms with Crippen molar-refractivity contribution >= 4 is 28.1 Å². The van der Waals surface area contributed by atoms with Crippen molar-refractivity contribution in [1.29, 1.82) is 0 Å². The Labute approximate surface area is 185 Å². The van der Waals surface area contributed by atoms with Crippen molar-refractivity contribution in [2.45, 2.75) is 18.8 Å². The van der Waals surface area contributed by atoms with Gasteiger partial charge in [-0.15, -0.1) is 11.3 Å². The van der Waals surface area contributed by atoms with Crippen LogP contribution in [-0.2, 0) is 17.5 Å². The van der Waals surface area contributed by atoms with Gasteiger partial charge >= 0.3 is 0 Å². The zero-order valence-corrected chi connectivity index (χ0v) is 15.2. The molecule has 1 amide bonds. The molecule has 0 radical (unpaired) electrons. The third kappa shape index (κ3) is 6.16. The topological polar surface area (TPSA) is 100 Å². The molecule has 5 N–H and O–H groups in total. The van der Waals surface area contributed by atoms with Crippen molar-refractivity contribution in [2.75, 3.05) is 24.1 Å². The molecule has 0 unspecified atom stereocenters. The molecule has 0 saturated carbocycles. The molecule has 146 valence electrons. The number of aliphatic hydroxyl groups is 1. The van der Waals surface area contributed by atoms with Crippen LogP contribution in [0.3, 0.4) is 0 Å². The van der Waals surface area contributed by atoms with E-state index in [0.29, 0.717) is 11.3 Å². The van der Waals surface area contributed by atoms with Crippen molar-refractivity contribution in [2.24, 2.45) is 0 Å². The highest BCUT2D eigenvalue weighted by Crippen LogP contribution is 2.14. The molecule has 1 heterocycles. The fourth-order valence-corrected chi connectivity index (χ4v) is 2.39. The molecular weight excluding hydrogens is 372 g/mol. The lowest BCUT2D eigenvalue weighted by molar-refractivity contribution is -0.115. The van der Waals surface area contributed by atoms with Crippen LogP contribution >= 0.6 is 11.3 Å². The van der Waals surface area contributed by atoms with Gasteiger partial charge in [0.25, 0.3) is 0 Å². The molecular formula is C21H24N4O2S. The summed E-state index contributed by atoms with van der Waals surface area (Å²) in [4.78, 5) is 16.4. The zero-order valence-electron chi connectivity index (χ0n) is 26.4. The molecule has 2 aromatic carbocycles. The van der Waals surface area contributed by atoms with Crippen molar-refractivity contribution < 1.29 is 26.4 Å². The second kappa shape index (κ2) is 9.98. The van der Waals surface area contributed by atoms with Gasteiger partial charge in [0.15, 0.2) is 5.13 Å². The van der Waals surface area contributed by atoms with Crippen molar-refractivity contribution in [3.8, 4) is 0 Å². The Morgan fingerprint density at radius 2 is 2.07 bits per heavy atom. The molecule has 6 nitrogen and oxygen atoms in total. The molecule has 1 atom stereocenters. The maximum atomic E-state index is 12.7. The van der Waals surface area contributed by atoms with Gasteiger partial charge < -0.3 is 21.5 Å². The molecule has 0 fully saturated rings. The van der Waals surface area contributed by atoms with Crippen molar-refractivity contribution in [3.05, 3.63) is 76.7 Å². The Hall–Kier alpha value is -2.74. The van der Waals surface area contributed by atoms with E-state index in [-0.39, 0.29) is 10.7 Å². The van der Waals surface area contributed by atoms with E-state index < -0.39 is 84.2 Å². The molecule has 28 heavy (non-hydrogen) atoms. The van der Waals surface area contributed by atoms with Crippen LogP contribution in [0.25, 0.3) is 0 Å². The van der Waals surface area contributed by atoms with Crippen LogP contribution < -0.4 is 16.4 Å². The Bertz CT molecular complexity index is 1400. The summed E-state index contributed by atoms with van der Waals surface area (Å²) in [6.07, 6.45) is -8.59. The number of nitrogens with one attached hydrogen (secondary N) is 2. The molecule has 1 aromatic heterocycles. The van der Waals surface area contributed by atoms with Gasteiger partial charge in [-0.1, -0.05) is 42.4 Å². The first kappa shape index (κ1) is 9.65. The lowest BCUT2D eigenvalue weighted by atomic mass is 10.1. The lowest BCUT2D eigenvalue weighted by Crippen LogP contribution is -2.23. The Balaban J connectivity index is 1.92. The monoisotopic (exact) mass is 408 g/mol. The number of hydrogen-bond donors (Lipinski definition) is 4. The highest BCUT2D eigenvalue weighted by molar-refractivity contribution is 7.13. The third-order valence-electron chi connectivity index (χ3n) is 3.18. The summed E-state index contributed by atoms with van der Waals surface area (Å²) in [6.45, 7) is -3.93. The SMILES string of the molecule is [2H]c1sc(N)nc1C([2H])([2H])C(=O)Nc1c([2H])c([2H])c(C([2H])([2H])CNC([2H])([2H])[C@]([2H])(O)c2ccccc2)c([2H])c1[2H]. The number of anilines is 2. The van der Waals surface area contributed by atoms with Gasteiger partial charge in [0, 0.05) is 25.8 Å². The first-order valence-electron chi connectivity index (χ1n) is 13.9. The van der Waals surface area contributed by atoms with Crippen LogP contribution in [0.5, 0.6) is 0 Å². The van der Waals surface area contributed by atoms with Crippen molar-refractivity contribution in [3.63, 3.8) is 0 Å². The van der Waals surface area contributed by atoms with Crippen LogP contribution in [0, 0.1) is 0 Å². The van der Waals surface area contributed by atoms with Crippen LogP contribution in [0.4, 0.5) is 10.8 Å². The molecule has 0 aliphatic rings. The quantitative estimate of drug-likeness (QED) is 0.436. The molecule has 7 heteroatoms. The highest BCUT2D eigenvalue weighted by Gasteiger charge is 2.08. The van der Waals surface area contributed by atoms with Crippen LogP contribution in [-0.4, -0.2) is 29.0 Å². The summed E-state index contributed by atoms with van der Waals surface area (Å²) in [5, 5.41) is 14.0. The van der Waals surface area contributed by atoms with E-state index in [1.165, 1.54) is 24.3 Å². The number of carbonyl (C=O) groups is 1. The predicted molar refractivity (Wildman–Crippen MR) is 113 cm³/mol. The summed E-state index contributed by atoms with van der Waals surface area (Å²) in [5.41, 5.74) is 3.17. The fourth-order valence-electron chi connectivity index (χ4n) is 1.95. The number of amides is 1. The third-order valence-corrected chi connectivity index (χ3v) is 3.77. The van der Waals surface area contributed by atoms with Gasteiger partial charge in [-0.05, 0) is 36.1 Å². The number of nitrogens with zero attached hydrogens (tertiary/aromatic N) is 1. The largest absolute Gasteiger partial charge is 0.387 e. The van der Waals surface area contributed by atoms with Gasteiger partial charge in [-0.2, -0.15) is 0 Å². The fraction of sp³-hybridized carbons (Fsp3) is 0.238. The smallest absolute Gasteiger partial charge is 0.230 e. The number of nitrogen functional groups attached to an aromatic ring is 1. The first-order valence-corrected chi connectivity index (χ1v) is 8.76. The minimum atomic E-state index is -2.94. The molecule has 3 aromatic rings. The zero-order chi connectivity index (χ0) is 30.4. The Morgan fingerprint density at radius 1 is 1.32 bits per heavy atom. The van der Waals surface area contributed by atoms with E-state index in [4.69, 9.17) is 22.2 Å². The van der Waals surface area contributed by atoms with Gasteiger partial charge in [-0.3, -0.25) is 4.79 Å². The molecule has 0 aliphatic carbocycles. The van der Waals surface area contributed by atoms with E-state index in [1.54, 1.807) is 6.07 Å². The lowest BCUT2D eigenvalue weighted by Gasteiger charge is -2.12. The van der Waals surface area contributed by atoms with Crippen molar-refractivity contribution in [1.82, 2.24) is 10.3 Å². The number of thiazole rings is 1. The van der Waals surface area contributed by atoms with Crippen LogP contribution in [0.1, 0.15) is 39.3 Å². The maximum Gasteiger partial charge on any atom is 0.230 e. The molecule has 0 saturated heterocycles. The molecule has 0 spiro atoms. The van der Waals surface area contributed by atoms with E-state index in [1.807, 2.05) is 5.32 Å². The van der Waals surface area contributed by atoms with Gasteiger partial charge in [-0.25, -0.2) is 4.98 Å². The molecule has 3 rings (SSSR count). The van der Waals surface area contributed by atoms with Crippen LogP contribution in [0.15, 0.2) is 59.9 Å². The molecule has 0 bridgehead atoms. The van der Waals surface area contributed by atoms with E-state index in [0.717, 1.165) is 0 Å². The van der Waals surface area contributed by atoms with E-state index >= 15 is 0 Å². The van der Waals surface area contributed by atoms with Crippen LogP contribution in [0.2, 0.25) is 0 Å². The number of rotatable bonds is 9. The predicted octanol–water partition coefficient (Wildman–Crippen LogP) is 2.77. The summed E-state index contributed by atoms with van der Waals surface area (Å²) < 4.78 is 98.1. The second-order valence-corrected chi connectivity index (χ2v) is 6.03. The minimum absolute atomic E-state index is 0.129. The summed E-state index contributed by atoms with van der Waals surface area (Å²) in [6, 6.07) is 3.41. The minimum Gasteiger partial charge on any atom is -0.387 e. The van der Waals surface area contributed by atoms with E-state index in [2.05, 4.69) is 10.3 Å². The Morgan fingerprint density at radius 3 is 2.75 bits per heavy atom. The summed E-state index contributed by atoms with van der Waals surface area (Å²) in [7, 11) is 0. The molecule has 0 aliphatic heterocycles. The number of benzene rings is 2. The second-order valence-electron chi connectivity index (χ2n) is 5.20. The van der Waals surface area contributed by atoms with Gasteiger partial charge in [0.1, 0.15) is 0 Å². The average molecular weight is 409 g/mol. The number of hydrogen-bond acceptors (Lipinski definition) is 6. The Kier molecular flexibility index (Phi) is 3.44. The highest BCUT2D eigenvalue weighted by atomic mass is 32.1. The summed E-state index contributed by atoms with van der Waals surface area (Å²) >= 11 is 0.620. The summed E-state index contributed by atoms with van der Waals surface area (Å²) in [5.74, 6) is -1.46. The number of aromatic nitrogens is 1. The van der Waals surface area contributed by atoms with E-state index in [9.17, 15) is 9.90 Å². The standard InChI is InChI=1S/C21H24N4O2S/c22-21-25-18(14-28-21)12-20(27)24-17-8-6-15(7-9-17)10-11-23-13-19(26)16-4-2-1-3-5-16/h1-9,14,19,23,26H,10-13H2,(H2,22,25)(H,24,27)/t19-/m0/s1/i6D,7D,8D,9D,10D2,12D2,13D2,14D,19D. The number of carbonyl (C=O) groups excluding carboxylic acids is 1. The van der Waals surface area contributed by atoms with Gasteiger partial charge in [0.2, 0.25) is 5.91 Å². The maximum absolute atomic E-state index is 12.7. The normalized spacial score (nSPS) is 20.8. The average Bonchev–Trinajstić information content (AvgIpc) is 3.23. The van der Waals surface area contributed by atoms with Gasteiger partial charge in [0.05, 0.1) is 26.4 Å². The number of nitrogens with two attached hydrogens (primary N) is 1. The first-order chi connectivity index (χ1) is 18.3.